The quantitative estimate of drug-likeness (QED) is 0.181. The zero-order chi connectivity index (χ0) is 30.5. The summed E-state index contributed by atoms with van der Waals surface area (Å²) in [5.74, 6) is 0. The molecule has 0 fully saturated rings. The van der Waals surface area contributed by atoms with Gasteiger partial charge in [0.1, 0.15) is 0 Å². The van der Waals surface area contributed by atoms with Gasteiger partial charge in [0.05, 0.1) is 0 Å². The van der Waals surface area contributed by atoms with E-state index in [1.54, 1.807) is 0 Å². The van der Waals surface area contributed by atoms with Gasteiger partial charge >= 0.3 is 0 Å². The second kappa shape index (κ2) is 10.9. The molecule has 0 amide bonds. The SMILES string of the molecule is c1ccc2cc(-c3ccc(-c4c5ccccc5c(-c5ccc(-c6cccc7ccccc67)cc5)c5ccccc45)cc3)ccc2c1. The van der Waals surface area contributed by atoms with Crippen LogP contribution in [0.2, 0.25) is 0 Å². The summed E-state index contributed by atoms with van der Waals surface area (Å²) in [5.41, 5.74) is 10.00. The minimum absolute atomic E-state index is 1.23. The lowest BCUT2D eigenvalue weighted by Gasteiger charge is -2.18. The normalized spacial score (nSPS) is 11.5. The molecule has 46 heavy (non-hydrogen) atoms. The monoisotopic (exact) mass is 582 g/mol. The van der Waals surface area contributed by atoms with Crippen molar-refractivity contribution < 1.29 is 0 Å². The van der Waals surface area contributed by atoms with Crippen LogP contribution in [0, 0.1) is 0 Å². The molecule has 214 valence electrons. The Hall–Kier alpha value is -5.98. The van der Waals surface area contributed by atoms with Gasteiger partial charge in [-0.25, -0.2) is 0 Å². The first kappa shape index (κ1) is 26.4. The summed E-state index contributed by atoms with van der Waals surface area (Å²) >= 11 is 0. The molecule has 0 aliphatic rings. The second-order valence-corrected chi connectivity index (χ2v) is 12.1. The van der Waals surface area contributed by atoms with E-state index in [1.165, 1.54) is 87.6 Å². The molecule has 0 spiro atoms. The van der Waals surface area contributed by atoms with Crippen molar-refractivity contribution in [2.45, 2.75) is 0 Å². The third kappa shape index (κ3) is 4.38. The van der Waals surface area contributed by atoms with Crippen molar-refractivity contribution in [2.24, 2.45) is 0 Å². The van der Waals surface area contributed by atoms with E-state index in [2.05, 4.69) is 182 Å². The molecule has 0 saturated heterocycles. The maximum atomic E-state index is 2.29. The summed E-state index contributed by atoms with van der Waals surface area (Å²) < 4.78 is 0. The van der Waals surface area contributed by atoms with Crippen LogP contribution < -0.4 is 0 Å². The minimum Gasteiger partial charge on any atom is -0.0616 e. The molecule has 0 aliphatic carbocycles. The van der Waals surface area contributed by atoms with Gasteiger partial charge < -0.3 is 0 Å². The number of hydrogen-bond acceptors (Lipinski definition) is 0. The van der Waals surface area contributed by atoms with Crippen LogP contribution in [0.5, 0.6) is 0 Å². The van der Waals surface area contributed by atoms with Crippen LogP contribution in [-0.2, 0) is 0 Å². The van der Waals surface area contributed by atoms with Crippen LogP contribution in [0.15, 0.2) is 182 Å². The molecule has 0 atom stereocenters. The lowest BCUT2D eigenvalue weighted by molar-refractivity contribution is 1.62. The molecule has 0 heterocycles. The zero-order valence-corrected chi connectivity index (χ0v) is 25.3. The molecule has 0 aliphatic heterocycles. The molecule has 0 N–H and O–H groups in total. The highest BCUT2D eigenvalue weighted by molar-refractivity contribution is 6.21. The lowest BCUT2D eigenvalue weighted by atomic mass is 9.85. The van der Waals surface area contributed by atoms with Gasteiger partial charge in [-0.15, -0.1) is 0 Å². The van der Waals surface area contributed by atoms with Gasteiger partial charge in [0.2, 0.25) is 0 Å². The third-order valence-electron chi connectivity index (χ3n) is 9.46. The molecule has 9 aromatic rings. The summed E-state index contributed by atoms with van der Waals surface area (Å²) in [7, 11) is 0. The van der Waals surface area contributed by atoms with Crippen LogP contribution >= 0.6 is 0 Å². The van der Waals surface area contributed by atoms with Crippen LogP contribution in [-0.4, -0.2) is 0 Å². The highest BCUT2D eigenvalue weighted by atomic mass is 14.2. The van der Waals surface area contributed by atoms with Gasteiger partial charge in [0.15, 0.2) is 0 Å². The van der Waals surface area contributed by atoms with E-state index in [9.17, 15) is 0 Å². The smallest absolute Gasteiger partial charge is 0.00264 e. The second-order valence-electron chi connectivity index (χ2n) is 12.1. The molecule has 0 bridgehead atoms. The average Bonchev–Trinajstić information content (AvgIpc) is 3.13. The van der Waals surface area contributed by atoms with E-state index >= 15 is 0 Å². The molecule has 0 heteroatoms. The Morgan fingerprint density at radius 2 is 0.630 bits per heavy atom. The van der Waals surface area contributed by atoms with Gasteiger partial charge in [0, 0.05) is 0 Å². The van der Waals surface area contributed by atoms with E-state index in [-0.39, 0.29) is 0 Å². The Balaban J connectivity index is 1.18. The first-order valence-corrected chi connectivity index (χ1v) is 15.9. The maximum Gasteiger partial charge on any atom is -0.00264 e. The summed E-state index contributed by atoms with van der Waals surface area (Å²) in [6.07, 6.45) is 0. The Labute approximate surface area is 268 Å². The van der Waals surface area contributed by atoms with Gasteiger partial charge in [0.25, 0.3) is 0 Å². The number of benzene rings is 9. The van der Waals surface area contributed by atoms with E-state index in [0.717, 1.165) is 0 Å². The number of rotatable bonds is 4. The number of hydrogen-bond donors (Lipinski definition) is 0. The minimum atomic E-state index is 1.23. The Bertz CT molecular complexity index is 2490. The van der Waals surface area contributed by atoms with E-state index in [4.69, 9.17) is 0 Å². The molecule has 0 nitrogen and oxygen atoms in total. The van der Waals surface area contributed by atoms with Crippen molar-refractivity contribution in [2.75, 3.05) is 0 Å². The Kier molecular flexibility index (Phi) is 6.25. The molecule has 9 rings (SSSR count). The fraction of sp³-hybridized carbons (Fsp3) is 0. The van der Waals surface area contributed by atoms with Gasteiger partial charge in [-0.3, -0.25) is 0 Å². The number of fused-ring (bicyclic) bond motifs is 4. The standard InChI is InChI=1S/C46H30/c1-2-12-37-30-38(29-22-31(37)10-1)32-20-25-35(26-21-32)45-41-15-5-7-17-43(41)46(44-18-8-6-16-42(44)45)36-27-23-34(24-28-36)40-19-9-13-33-11-3-4-14-39(33)40/h1-30H. The highest BCUT2D eigenvalue weighted by Gasteiger charge is 2.17. The molecule has 0 aromatic heterocycles. The average molecular weight is 583 g/mol. The maximum absolute atomic E-state index is 2.29. The first-order valence-electron chi connectivity index (χ1n) is 15.9. The van der Waals surface area contributed by atoms with Crippen molar-refractivity contribution in [3.05, 3.63) is 182 Å². The van der Waals surface area contributed by atoms with Crippen LogP contribution in [0.4, 0.5) is 0 Å². The Morgan fingerprint density at radius 1 is 0.217 bits per heavy atom. The van der Waals surface area contributed by atoms with Crippen LogP contribution in [0.25, 0.3) is 87.6 Å². The third-order valence-corrected chi connectivity index (χ3v) is 9.46. The van der Waals surface area contributed by atoms with Crippen LogP contribution in [0.1, 0.15) is 0 Å². The van der Waals surface area contributed by atoms with Crippen LogP contribution in [0.3, 0.4) is 0 Å². The van der Waals surface area contributed by atoms with Crippen molar-refractivity contribution in [1.82, 2.24) is 0 Å². The fourth-order valence-corrected chi connectivity index (χ4v) is 7.24. The zero-order valence-electron chi connectivity index (χ0n) is 25.3. The predicted octanol–water partition coefficient (Wildman–Crippen LogP) is 13.0. The summed E-state index contributed by atoms with van der Waals surface area (Å²) in [5, 5.41) is 10.2. The first-order chi connectivity index (χ1) is 22.8. The van der Waals surface area contributed by atoms with Gasteiger partial charge in [-0.05, 0) is 93.7 Å². The van der Waals surface area contributed by atoms with Gasteiger partial charge in [-0.1, -0.05) is 176 Å². The van der Waals surface area contributed by atoms with Crippen molar-refractivity contribution in [1.29, 1.82) is 0 Å². The highest BCUT2D eigenvalue weighted by Crippen LogP contribution is 2.44. The summed E-state index contributed by atoms with van der Waals surface area (Å²) in [6.45, 7) is 0. The Morgan fingerprint density at radius 3 is 1.22 bits per heavy atom. The van der Waals surface area contributed by atoms with Crippen molar-refractivity contribution in [3.8, 4) is 44.5 Å². The molecule has 0 saturated carbocycles. The topological polar surface area (TPSA) is 0 Å². The fourth-order valence-electron chi connectivity index (χ4n) is 7.24. The van der Waals surface area contributed by atoms with E-state index in [0.29, 0.717) is 0 Å². The summed E-state index contributed by atoms with van der Waals surface area (Å²) in [4.78, 5) is 0. The van der Waals surface area contributed by atoms with Crippen molar-refractivity contribution >= 4 is 43.1 Å². The molecule has 0 radical (unpaired) electrons. The predicted molar refractivity (Wildman–Crippen MR) is 198 cm³/mol. The molecular weight excluding hydrogens is 553 g/mol. The van der Waals surface area contributed by atoms with Gasteiger partial charge in [-0.2, -0.15) is 0 Å². The molecule has 0 unspecified atom stereocenters. The molecular formula is C46H30. The molecule has 9 aromatic carbocycles. The van der Waals surface area contributed by atoms with E-state index < -0.39 is 0 Å². The lowest BCUT2D eigenvalue weighted by Crippen LogP contribution is -1.91. The van der Waals surface area contributed by atoms with E-state index in [1.807, 2.05) is 0 Å². The largest absolute Gasteiger partial charge is 0.0616 e. The van der Waals surface area contributed by atoms with Crippen molar-refractivity contribution in [3.63, 3.8) is 0 Å². The summed E-state index contributed by atoms with van der Waals surface area (Å²) in [6, 6.07) is 66.5.